The molecule has 0 saturated carbocycles. The van der Waals surface area contributed by atoms with Crippen LogP contribution in [0, 0.1) is 23.5 Å². The standard InChI is InChI=1S/C14H18F2N2O/c1-8-5-9(2)7-18(6-8)14(19)12-10(15)3-4-11(17)13(12)16/h3-4,8-9H,5-7,17H2,1-2H3. The molecular weight excluding hydrogens is 250 g/mol. The Balaban J connectivity index is 2.32. The average molecular weight is 268 g/mol. The van der Waals surface area contributed by atoms with Gasteiger partial charge in [-0.3, -0.25) is 4.79 Å². The first-order valence-electron chi connectivity index (χ1n) is 6.43. The van der Waals surface area contributed by atoms with Crippen LogP contribution < -0.4 is 5.73 Å². The Bertz CT molecular complexity index is 494. The summed E-state index contributed by atoms with van der Waals surface area (Å²) in [6, 6.07) is 2.16. The molecule has 0 aromatic heterocycles. The van der Waals surface area contributed by atoms with Crippen molar-refractivity contribution in [1.82, 2.24) is 4.90 Å². The number of carbonyl (C=O) groups excluding carboxylic acids is 1. The monoisotopic (exact) mass is 268 g/mol. The molecule has 2 rings (SSSR count). The van der Waals surface area contributed by atoms with Gasteiger partial charge in [0.2, 0.25) is 0 Å². The lowest BCUT2D eigenvalue weighted by atomic mass is 9.91. The molecule has 2 atom stereocenters. The van der Waals surface area contributed by atoms with E-state index in [-0.39, 0.29) is 5.69 Å². The Morgan fingerprint density at radius 3 is 2.42 bits per heavy atom. The summed E-state index contributed by atoms with van der Waals surface area (Å²) in [5, 5.41) is 0. The maximum atomic E-state index is 13.8. The zero-order valence-electron chi connectivity index (χ0n) is 11.1. The highest BCUT2D eigenvalue weighted by Gasteiger charge is 2.30. The molecule has 1 aliphatic rings. The predicted octanol–water partition coefficient (Wildman–Crippen LogP) is 2.67. The normalized spacial score (nSPS) is 23.5. The minimum Gasteiger partial charge on any atom is -0.396 e. The Hall–Kier alpha value is -1.65. The number of piperidine rings is 1. The number of nitrogen functional groups attached to an aromatic ring is 1. The third-order valence-corrected chi connectivity index (χ3v) is 3.49. The molecule has 1 aliphatic heterocycles. The Morgan fingerprint density at radius 2 is 1.84 bits per heavy atom. The topological polar surface area (TPSA) is 46.3 Å². The van der Waals surface area contributed by atoms with Gasteiger partial charge in [0.1, 0.15) is 11.4 Å². The lowest BCUT2D eigenvalue weighted by Crippen LogP contribution is -2.43. The van der Waals surface area contributed by atoms with Crippen molar-refractivity contribution < 1.29 is 13.6 Å². The number of amides is 1. The van der Waals surface area contributed by atoms with E-state index in [1.807, 2.05) is 13.8 Å². The van der Waals surface area contributed by atoms with Crippen molar-refractivity contribution in [3.8, 4) is 0 Å². The van der Waals surface area contributed by atoms with Crippen LogP contribution in [0.2, 0.25) is 0 Å². The van der Waals surface area contributed by atoms with Gasteiger partial charge in [-0.25, -0.2) is 8.78 Å². The first-order chi connectivity index (χ1) is 8.90. The Kier molecular flexibility index (Phi) is 3.73. The number of halogens is 2. The zero-order chi connectivity index (χ0) is 14.2. The fraction of sp³-hybridized carbons (Fsp3) is 0.500. The number of rotatable bonds is 1. The molecule has 3 nitrogen and oxygen atoms in total. The van der Waals surface area contributed by atoms with E-state index in [9.17, 15) is 13.6 Å². The number of nitrogens with zero attached hydrogens (tertiary/aromatic N) is 1. The molecule has 1 saturated heterocycles. The molecule has 1 fully saturated rings. The molecule has 1 heterocycles. The van der Waals surface area contributed by atoms with E-state index in [2.05, 4.69) is 0 Å². The van der Waals surface area contributed by atoms with Crippen molar-refractivity contribution in [3.05, 3.63) is 29.3 Å². The Morgan fingerprint density at radius 1 is 1.26 bits per heavy atom. The summed E-state index contributed by atoms with van der Waals surface area (Å²) < 4.78 is 27.5. The van der Waals surface area contributed by atoms with E-state index >= 15 is 0 Å². The van der Waals surface area contributed by atoms with Crippen molar-refractivity contribution in [3.63, 3.8) is 0 Å². The van der Waals surface area contributed by atoms with E-state index in [0.29, 0.717) is 24.9 Å². The van der Waals surface area contributed by atoms with E-state index in [0.717, 1.165) is 18.6 Å². The van der Waals surface area contributed by atoms with Crippen LogP contribution in [-0.2, 0) is 0 Å². The molecule has 2 unspecified atom stereocenters. The van der Waals surface area contributed by atoms with Gasteiger partial charge in [-0.1, -0.05) is 13.8 Å². The smallest absolute Gasteiger partial charge is 0.259 e. The van der Waals surface area contributed by atoms with Gasteiger partial charge >= 0.3 is 0 Å². The lowest BCUT2D eigenvalue weighted by Gasteiger charge is -2.35. The van der Waals surface area contributed by atoms with Crippen molar-refractivity contribution >= 4 is 11.6 Å². The summed E-state index contributed by atoms with van der Waals surface area (Å²) >= 11 is 0. The molecule has 0 aliphatic carbocycles. The Labute approximate surface area is 111 Å². The molecule has 1 aromatic rings. The van der Waals surface area contributed by atoms with Gasteiger partial charge < -0.3 is 10.6 Å². The largest absolute Gasteiger partial charge is 0.396 e. The number of hydrogen-bond acceptors (Lipinski definition) is 2. The van der Waals surface area contributed by atoms with Crippen LogP contribution in [0.3, 0.4) is 0 Å². The van der Waals surface area contributed by atoms with Crippen LogP contribution in [0.15, 0.2) is 12.1 Å². The van der Waals surface area contributed by atoms with Crippen LogP contribution in [0.5, 0.6) is 0 Å². The molecule has 104 valence electrons. The summed E-state index contributed by atoms with van der Waals surface area (Å²) in [7, 11) is 0. The first-order valence-corrected chi connectivity index (χ1v) is 6.43. The van der Waals surface area contributed by atoms with Crippen LogP contribution in [0.4, 0.5) is 14.5 Å². The minimum absolute atomic E-state index is 0.206. The highest BCUT2D eigenvalue weighted by Crippen LogP contribution is 2.25. The van der Waals surface area contributed by atoms with Crippen LogP contribution in [0.25, 0.3) is 0 Å². The summed E-state index contributed by atoms with van der Waals surface area (Å²) in [6.45, 7) is 5.11. The second-order valence-electron chi connectivity index (χ2n) is 5.48. The number of carbonyl (C=O) groups is 1. The van der Waals surface area contributed by atoms with E-state index in [1.54, 1.807) is 0 Å². The summed E-state index contributed by atoms with van der Waals surface area (Å²) in [5.74, 6) is -1.76. The minimum atomic E-state index is -0.962. The number of nitrogens with two attached hydrogens (primary N) is 1. The lowest BCUT2D eigenvalue weighted by molar-refractivity contribution is 0.0613. The second kappa shape index (κ2) is 5.15. The third-order valence-electron chi connectivity index (χ3n) is 3.49. The van der Waals surface area contributed by atoms with Gasteiger partial charge in [0.15, 0.2) is 5.82 Å². The zero-order valence-corrected chi connectivity index (χ0v) is 11.1. The molecular formula is C14H18F2N2O. The number of hydrogen-bond donors (Lipinski definition) is 1. The molecule has 2 N–H and O–H groups in total. The molecule has 1 amide bonds. The molecule has 0 bridgehead atoms. The van der Waals surface area contributed by atoms with Crippen molar-refractivity contribution in [1.29, 1.82) is 0 Å². The van der Waals surface area contributed by atoms with Crippen molar-refractivity contribution in [2.45, 2.75) is 20.3 Å². The van der Waals surface area contributed by atoms with E-state index in [4.69, 9.17) is 5.73 Å². The van der Waals surface area contributed by atoms with Crippen molar-refractivity contribution in [2.24, 2.45) is 11.8 Å². The van der Waals surface area contributed by atoms with Crippen LogP contribution in [0.1, 0.15) is 30.6 Å². The third kappa shape index (κ3) is 2.69. The maximum Gasteiger partial charge on any atom is 0.259 e. The van der Waals surface area contributed by atoms with Gasteiger partial charge in [-0.2, -0.15) is 0 Å². The van der Waals surface area contributed by atoms with Crippen LogP contribution >= 0.6 is 0 Å². The van der Waals surface area contributed by atoms with Gasteiger partial charge in [0.25, 0.3) is 5.91 Å². The van der Waals surface area contributed by atoms with Gasteiger partial charge in [0.05, 0.1) is 5.69 Å². The fourth-order valence-corrected chi connectivity index (χ4v) is 2.75. The molecule has 0 radical (unpaired) electrons. The SMILES string of the molecule is CC1CC(C)CN(C(=O)c2c(F)ccc(N)c2F)C1. The molecule has 0 spiro atoms. The van der Waals surface area contributed by atoms with Gasteiger partial charge in [0, 0.05) is 13.1 Å². The quantitative estimate of drug-likeness (QED) is 0.796. The predicted molar refractivity (Wildman–Crippen MR) is 69.6 cm³/mol. The summed E-state index contributed by atoms with van der Waals surface area (Å²) in [5.41, 5.74) is 4.65. The van der Waals surface area contributed by atoms with Crippen LogP contribution in [-0.4, -0.2) is 23.9 Å². The van der Waals surface area contributed by atoms with E-state index < -0.39 is 23.1 Å². The number of likely N-dealkylation sites (tertiary alicyclic amines) is 1. The average Bonchev–Trinajstić information content (AvgIpc) is 2.33. The molecule has 5 heteroatoms. The number of anilines is 1. The van der Waals surface area contributed by atoms with E-state index in [1.165, 1.54) is 4.90 Å². The van der Waals surface area contributed by atoms with Gasteiger partial charge in [-0.15, -0.1) is 0 Å². The highest BCUT2D eigenvalue weighted by molar-refractivity contribution is 5.95. The molecule has 1 aromatic carbocycles. The summed E-state index contributed by atoms with van der Waals surface area (Å²) in [6.07, 6.45) is 1.02. The maximum absolute atomic E-state index is 13.8. The molecule has 19 heavy (non-hydrogen) atoms. The highest BCUT2D eigenvalue weighted by atomic mass is 19.1. The first kappa shape index (κ1) is 13.8. The number of benzene rings is 1. The fourth-order valence-electron chi connectivity index (χ4n) is 2.75. The summed E-state index contributed by atoms with van der Waals surface area (Å²) in [4.78, 5) is 13.8. The van der Waals surface area contributed by atoms with Crippen molar-refractivity contribution in [2.75, 3.05) is 18.8 Å². The van der Waals surface area contributed by atoms with Gasteiger partial charge in [-0.05, 0) is 30.4 Å². The second-order valence-corrected chi connectivity index (χ2v) is 5.48.